The van der Waals surface area contributed by atoms with E-state index in [0.29, 0.717) is 24.8 Å². The van der Waals surface area contributed by atoms with Gasteiger partial charge in [-0.1, -0.05) is 20.8 Å². The molecule has 1 amide bonds. The van der Waals surface area contributed by atoms with Crippen LogP contribution in [0.25, 0.3) is 0 Å². The molecule has 0 aromatic heterocycles. The van der Waals surface area contributed by atoms with Crippen LogP contribution < -0.4 is 5.73 Å². The first kappa shape index (κ1) is 11.5. The standard InChI is InChI=1S/C11H22N2O/c1-8(2)6-11(14)13-5-4-9(3)10(13)7-12/h8-10H,4-7,12H2,1-3H3. The van der Waals surface area contributed by atoms with E-state index in [9.17, 15) is 4.79 Å². The summed E-state index contributed by atoms with van der Waals surface area (Å²) < 4.78 is 0. The minimum absolute atomic E-state index is 0.278. The van der Waals surface area contributed by atoms with Gasteiger partial charge in [-0.05, 0) is 18.3 Å². The quantitative estimate of drug-likeness (QED) is 0.741. The second-order valence-electron chi connectivity index (χ2n) is 4.75. The molecular formula is C11H22N2O. The summed E-state index contributed by atoms with van der Waals surface area (Å²) >= 11 is 0. The first-order chi connectivity index (χ1) is 6.56. The van der Waals surface area contributed by atoms with Gasteiger partial charge >= 0.3 is 0 Å². The van der Waals surface area contributed by atoms with Gasteiger partial charge in [0, 0.05) is 25.6 Å². The molecule has 1 aliphatic rings. The van der Waals surface area contributed by atoms with Crippen molar-refractivity contribution >= 4 is 5.91 Å². The van der Waals surface area contributed by atoms with Crippen LogP contribution in [0.3, 0.4) is 0 Å². The van der Waals surface area contributed by atoms with Crippen LogP contribution in [0.15, 0.2) is 0 Å². The minimum atomic E-state index is 0.278. The maximum absolute atomic E-state index is 11.8. The third-order valence-corrected chi connectivity index (χ3v) is 3.03. The van der Waals surface area contributed by atoms with E-state index in [1.807, 2.05) is 4.90 Å². The van der Waals surface area contributed by atoms with Crippen LogP contribution in [0, 0.1) is 11.8 Å². The molecule has 1 aliphatic heterocycles. The molecule has 2 unspecified atom stereocenters. The summed E-state index contributed by atoms with van der Waals surface area (Å²) in [4.78, 5) is 13.8. The number of hydrogen-bond donors (Lipinski definition) is 1. The molecule has 82 valence electrons. The molecule has 1 fully saturated rings. The summed E-state index contributed by atoms with van der Waals surface area (Å²) in [7, 11) is 0. The third kappa shape index (κ3) is 2.47. The maximum Gasteiger partial charge on any atom is 0.223 e. The predicted octanol–water partition coefficient (Wildman–Crippen LogP) is 1.23. The molecule has 0 saturated carbocycles. The second kappa shape index (κ2) is 4.78. The van der Waals surface area contributed by atoms with Gasteiger partial charge in [-0.3, -0.25) is 4.79 Å². The Morgan fingerprint density at radius 2 is 2.21 bits per heavy atom. The predicted molar refractivity (Wildman–Crippen MR) is 57.8 cm³/mol. The summed E-state index contributed by atoms with van der Waals surface area (Å²) in [5.74, 6) is 1.28. The van der Waals surface area contributed by atoms with Crippen molar-refractivity contribution in [3.05, 3.63) is 0 Å². The maximum atomic E-state index is 11.8. The molecule has 0 bridgehead atoms. The van der Waals surface area contributed by atoms with Crippen molar-refractivity contribution in [3.63, 3.8) is 0 Å². The molecule has 3 heteroatoms. The fourth-order valence-corrected chi connectivity index (χ4v) is 2.14. The first-order valence-corrected chi connectivity index (χ1v) is 5.55. The van der Waals surface area contributed by atoms with E-state index < -0.39 is 0 Å². The van der Waals surface area contributed by atoms with E-state index in [2.05, 4.69) is 20.8 Å². The van der Waals surface area contributed by atoms with Crippen LogP contribution in [-0.2, 0) is 4.79 Å². The van der Waals surface area contributed by atoms with Crippen LogP contribution in [0.2, 0.25) is 0 Å². The molecule has 2 atom stereocenters. The Labute approximate surface area is 86.6 Å². The number of carbonyl (C=O) groups is 1. The zero-order valence-electron chi connectivity index (χ0n) is 9.49. The molecule has 0 aromatic carbocycles. The summed E-state index contributed by atoms with van der Waals surface area (Å²) in [5.41, 5.74) is 5.69. The molecule has 0 aromatic rings. The Kier molecular flexibility index (Phi) is 3.93. The summed E-state index contributed by atoms with van der Waals surface area (Å²) in [6, 6.07) is 0.279. The first-order valence-electron chi connectivity index (χ1n) is 5.55. The number of likely N-dealkylation sites (tertiary alicyclic amines) is 1. The van der Waals surface area contributed by atoms with E-state index >= 15 is 0 Å². The number of rotatable bonds is 3. The van der Waals surface area contributed by atoms with Crippen LogP contribution >= 0.6 is 0 Å². The molecule has 0 radical (unpaired) electrons. The van der Waals surface area contributed by atoms with Gasteiger partial charge in [-0.25, -0.2) is 0 Å². The van der Waals surface area contributed by atoms with Gasteiger partial charge in [-0.15, -0.1) is 0 Å². The van der Waals surface area contributed by atoms with E-state index in [1.165, 1.54) is 0 Å². The molecule has 3 nitrogen and oxygen atoms in total. The van der Waals surface area contributed by atoms with Gasteiger partial charge in [0.05, 0.1) is 0 Å². The second-order valence-corrected chi connectivity index (χ2v) is 4.75. The molecule has 2 N–H and O–H groups in total. The smallest absolute Gasteiger partial charge is 0.223 e. The summed E-state index contributed by atoms with van der Waals surface area (Å²) in [5, 5.41) is 0. The highest BCUT2D eigenvalue weighted by Gasteiger charge is 2.32. The third-order valence-electron chi connectivity index (χ3n) is 3.03. The number of carbonyl (C=O) groups excluding carboxylic acids is 1. The van der Waals surface area contributed by atoms with Crippen LogP contribution in [0.1, 0.15) is 33.6 Å². The van der Waals surface area contributed by atoms with Crippen molar-refractivity contribution in [1.29, 1.82) is 0 Å². The number of hydrogen-bond acceptors (Lipinski definition) is 2. The van der Waals surface area contributed by atoms with Gasteiger partial charge in [0.25, 0.3) is 0 Å². The van der Waals surface area contributed by atoms with E-state index in [0.717, 1.165) is 13.0 Å². The van der Waals surface area contributed by atoms with Gasteiger partial charge in [0.1, 0.15) is 0 Å². The topological polar surface area (TPSA) is 46.3 Å². The lowest BCUT2D eigenvalue weighted by atomic mass is 10.0. The zero-order valence-corrected chi connectivity index (χ0v) is 9.49. The monoisotopic (exact) mass is 198 g/mol. The Morgan fingerprint density at radius 3 is 2.71 bits per heavy atom. The molecule has 1 rings (SSSR count). The van der Waals surface area contributed by atoms with Crippen LogP contribution in [0.4, 0.5) is 0 Å². The van der Waals surface area contributed by atoms with Crippen molar-refractivity contribution in [2.45, 2.75) is 39.7 Å². The lowest BCUT2D eigenvalue weighted by molar-refractivity contribution is -0.132. The molecule has 1 heterocycles. The van der Waals surface area contributed by atoms with Crippen LogP contribution in [-0.4, -0.2) is 29.9 Å². The van der Waals surface area contributed by atoms with Crippen molar-refractivity contribution in [3.8, 4) is 0 Å². The van der Waals surface area contributed by atoms with E-state index in [1.54, 1.807) is 0 Å². The molecule has 0 spiro atoms. The summed E-state index contributed by atoms with van der Waals surface area (Å²) in [6.07, 6.45) is 1.76. The highest BCUT2D eigenvalue weighted by atomic mass is 16.2. The van der Waals surface area contributed by atoms with Gasteiger partial charge < -0.3 is 10.6 Å². The fraction of sp³-hybridized carbons (Fsp3) is 0.909. The molecular weight excluding hydrogens is 176 g/mol. The van der Waals surface area contributed by atoms with Gasteiger partial charge in [0.15, 0.2) is 0 Å². The number of amides is 1. The van der Waals surface area contributed by atoms with Gasteiger partial charge in [0.2, 0.25) is 5.91 Å². The Hall–Kier alpha value is -0.570. The lowest BCUT2D eigenvalue weighted by Crippen LogP contribution is -2.42. The largest absolute Gasteiger partial charge is 0.338 e. The average molecular weight is 198 g/mol. The van der Waals surface area contributed by atoms with Crippen molar-refractivity contribution in [2.24, 2.45) is 17.6 Å². The Bertz CT molecular complexity index is 203. The van der Waals surface area contributed by atoms with Crippen molar-refractivity contribution < 1.29 is 4.79 Å². The Balaban J connectivity index is 2.55. The van der Waals surface area contributed by atoms with Crippen LogP contribution in [0.5, 0.6) is 0 Å². The average Bonchev–Trinajstić information content (AvgIpc) is 2.45. The van der Waals surface area contributed by atoms with E-state index in [4.69, 9.17) is 5.73 Å². The highest BCUT2D eigenvalue weighted by Crippen LogP contribution is 2.24. The molecule has 14 heavy (non-hydrogen) atoms. The number of nitrogens with zero attached hydrogens (tertiary/aromatic N) is 1. The van der Waals surface area contributed by atoms with E-state index in [-0.39, 0.29) is 11.9 Å². The zero-order chi connectivity index (χ0) is 10.7. The van der Waals surface area contributed by atoms with Crippen molar-refractivity contribution in [2.75, 3.05) is 13.1 Å². The minimum Gasteiger partial charge on any atom is -0.338 e. The number of nitrogens with two attached hydrogens (primary N) is 1. The summed E-state index contributed by atoms with van der Waals surface area (Å²) in [6.45, 7) is 7.84. The van der Waals surface area contributed by atoms with Crippen molar-refractivity contribution in [1.82, 2.24) is 4.90 Å². The van der Waals surface area contributed by atoms with Gasteiger partial charge in [-0.2, -0.15) is 0 Å². The highest BCUT2D eigenvalue weighted by molar-refractivity contribution is 5.77. The Morgan fingerprint density at radius 1 is 1.57 bits per heavy atom. The lowest BCUT2D eigenvalue weighted by Gasteiger charge is -2.26. The normalized spacial score (nSPS) is 27.4. The molecule has 1 saturated heterocycles. The fourth-order valence-electron chi connectivity index (χ4n) is 2.14. The SMILES string of the molecule is CC(C)CC(=O)N1CCC(C)C1CN. The molecule has 0 aliphatic carbocycles.